The van der Waals surface area contributed by atoms with Crippen LogP contribution < -0.4 is 16.2 Å². The van der Waals surface area contributed by atoms with Gasteiger partial charge in [0, 0.05) is 13.1 Å². The highest BCUT2D eigenvalue weighted by Crippen LogP contribution is 2.30. The lowest BCUT2D eigenvalue weighted by Gasteiger charge is -2.36. The van der Waals surface area contributed by atoms with E-state index in [9.17, 15) is 15.2 Å². The maximum atomic E-state index is 11.0. The van der Waals surface area contributed by atoms with E-state index in [0.29, 0.717) is 25.9 Å². The lowest BCUT2D eigenvalue weighted by atomic mass is 9.94. The Labute approximate surface area is 109 Å². The van der Waals surface area contributed by atoms with Gasteiger partial charge in [-0.3, -0.25) is 15.5 Å². The number of nitrogens with zero attached hydrogens (tertiary/aromatic N) is 4. The first-order valence-electron chi connectivity index (χ1n) is 5.88. The minimum absolute atomic E-state index is 0.123. The van der Waals surface area contributed by atoms with Gasteiger partial charge in [0.05, 0.1) is 10.5 Å². The zero-order valence-electron chi connectivity index (χ0n) is 10.5. The van der Waals surface area contributed by atoms with Crippen LogP contribution in [0.4, 0.5) is 17.5 Å². The molecule has 1 fully saturated rings. The molecule has 104 valence electrons. The van der Waals surface area contributed by atoms with E-state index in [2.05, 4.69) is 15.4 Å². The third-order valence-corrected chi connectivity index (χ3v) is 3.22. The molecule has 0 amide bonds. The fourth-order valence-corrected chi connectivity index (χ4v) is 2.00. The summed E-state index contributed by atoms with van der Waals surface area (Å²) in [6.45, 7) is 2.75. The average molecular weight is 268 g/mol. The van der Waals surface area contributed by atoms with E-state index in [0.717, 1.165) is 6.20 Å². The molecule has 9 nitrogen and oxygen atoms in total. The summed E-state index contributed by atoms with van der Waals surface area (Å²) in [5.74, 6) is 5.56. The van der Waals surface area contributed by atoms with Gasteiger partial charge in [0.1, 0.15) is 6.20 Å². The van der Waals surface area contributed by atoms with Crippen LogP contribution in [-0.4, -0.2) is 38.7 Å². The minimum Gasteiger partial charge on any atom is -0.390 e. The third kappa shape index (κ3) is 2.88. The molecule has 2 rings (SSSR count). The molecule has 0 radical (unpaired) electrons. The molecular formula is C10H16N6O3. The van der Waals surface area contributed by atoms with Crippen LogP contribution in [0, 0.1) is 10.1 Å². The van der Waals surface area contributed by atoms with Gasteiger partial charge in [-0.25, -0.2) is 10.8 Å². The molecule has 1 saturated heterocycles. The van der Waals surface area contributed by atoms with Gasteiger partial charge >= 0.3 is 5.69 Å². The van der Waals surface area contributed by atoms with Crippen molar-refractivity contribution in [1.82, 2.24) is 9.97 Å². The number of hydrogen-bond acceptors (Lipinski definition) is 8. The number of aliphatic hydroxyl groups is 1. The maximum Gasteiger partial charge on any atom is 0.329 e. The van der Waals surface area contributed by atoms with Gasteiger partial charge in [-0.2, -0.15) is 4.98 Å². The van der Waals surface area contributed by atoms with Crippen LogP contribution in [0.3, 0.4) is 0 Å². The molecule has 0 unspecified atom stereocenters. The number of nitrogen functional groups attached to an aromatic ring is 1. The fraction of sp³-hybridized carbons (Fsp3) is 0.600. The van der Waals surface area contributed by atoms with Gasteiger partial charge in [0.25, 0.3) is 0 Å². The van der Waals surface area contributed by atoms with Crippen LogP contribution in [0.2, 0.25) is 0 Å². The summed E-state index contributed by atoms with van der Waals surface area (Å²) in [6, 6.07) is 0. The smallest absolute Gasteiger partial charge is 0.329 e. The molecule has 1 aliphatic rings. The number of nitrogens with two attached hydrogens (primary N) is 1. The van der Waals surface area contributed by atoms with Gasteiger partial charge in [0.15, 0.2) is 0 Å². The van der Waals surface area contributed by atoms with E-state index in [-0.39, 0.29) is 17.5 Å². The third-order valence-electron chi connectivity index (χ3n) is 3.22. The predicted molar refractivity (Wildman–Crippen MR) is 68.6 cm³/mol. The van der Waals surface area contributed by atoms with Gasteiger partial charge in [-0.1, -0.05) is 0 Å². The largest absolute Gasteiger partial charge is 0.390 e. The van der Waals surface area contributed by atoms with Crippen molar-refractivity contribution in [1.29, 1.82) is 0 Å². The molecule has 1 aliphatic heterocycles. The predicted octanol–water partition coefficient (Wildman–Crippen LogP) is 0.0216. The SMILES string of the molecule is CC1(O)CCN(c2nc(NN)ncc2[N+](=O)[O-])CC1. The van der Waals surface area contributed by atoms with Crippen LogP contribution in [0.1, 0.15) is 19.8 Å². The standard InChI is InChI=1S/C10H16N6O3/c1-10(17)2-4-15(5-3-10)8-7(16(18)19)6-12-9(13-8)14-11/h6,17H,2-5,11H2,1H3,(H,12,13,14). The Morgan fingerprint density at radius 2 is 2.21 bits per heavy atom. The number of nitro groups is 1. The van der Waals surface area contributed by atoms with E-state index < -0.39 is 10.5 Å². The van der Waals surface area contributed by atoms with Crippen molar-refractivity contribution >= 4 is 17.5 Å². The minimum atomic E-state index is -0.729. The van der Waals surface area contributed by atoms with E-state index in [1.165, 1.54) is 0 Å². The molecule has 9 heteroatoms. The second-order valence-electron chi connectivity index (χ2n) is 4.79. The summed E-state index contributed by atoms with van der Waals surface area (Å²) in [5.41, 5.74) is 1.37. The molecule has 0 atom stereocenters. The van der Waals surface area contributed by atoms with Crippen LogP contribution in [0.15, 0.2) is 6.20 Å². The van der Waals surface area contributed by atoms with Crippen molar-refractivity contribution in [3.63, 3.8) is 0 Å². The lowest BCUT2D eigenvalue weighted by molar-refractivity contribution is -0.384. The first-order chi connectivity index (χ1) is 8.93. The number of aromatic nitrogens is 2. The highest BCUT2D eigenvalue weighted by Gasteiger charge is 2.31. The second kappa shape index (κ2) is 4.94. The Morgan fingerprint density at radius 3 is 2.74 bits per heavy atom. The number of hydrogen-bond donors (Lipinski definition) is 3. The highest BCUT2D eigenvalue weighted by molar-refractivity contribution is 5.59. The number of rotatable bonds is 3. The van der Waals surface area contributed by atoms with E-state index in [1.54, 1.807) is 11.8 Å². The Hall–Kier alpha value is -2.00. The summed E-state index contributed by atoms with van der Waals surface area (Å²) in [4.78, 5) is 20.0. The van der Waals surface area contributed by atoms with Crippen LogP contribution in [-0.2, 0) is 0 Å². The van der Waals surface area contributed by atoms with Crippen LogP contribution >= 0.6 is 0 Å². The van der Waals surface area contributed by atoms with Crippen molar-refractivity contribution < 1.29 is 10.0 Å². The maximum absolute atomic E-state index is 11.0. The summed E-state index contributed by atoms with van der Waals surface area (Å²) in [5, 5.41) is 20.9. The molecule has 1 aromatic heterocycles. The normalized spacial score (nSPS) is 18.2. The van der Waals surface area contributed by atoms with Gasteiger partial charge in [-0.15, -0.1) is 0 Å². The molecule has 0 aliphatic carbocycles. The van der Waals surface area contributed by atoms with Crippen LogP contribution in [0.5, 0.6) is 0 Å². The number of nitrogens with one attached hydrogen (secondary N) is 1. The summed E-state index contributed by atoms with van der Waals surface area (Å²) in [6.07, 6.45) is 2.18. The molecular weight excluding hydrogens is 252 g/mol. The second-order valence-corrected chi connectivity index (χ2v) is 4.79. The summed E-state index contributed by atoms with van der Waals surface area (Å²) >= 11 is 0. The first kappa shape index (κ1) is 13.4. The molecule has 0 spiro atoms. The van der Waals surface area contributed by atoms with Crippen LogP contribution in [0.25, 0.3) is 0 Å². The Morgan fingerprint density at radius 1 is 1.58 bits per heavy atom. The Bertz CT molecular complexity index is 482. The molecule has 0 bridgehead atoms. The Kier molecular flexibility index (Phi) is 3.49. The zero-order chi connectivity index (χ0) is 14.0. The van der Waals surface area contributed by atoms with Crippen molar-refractivity contribution in [3.8, 4) is 0 Å². The van der Waals surface area contributed by atoms with E-state index in [4.69, 9.17) is 5.84 Å². The summed E-state index contributed by atoms with van der Waals surface area (Å²) in [7, 11) is 0. The monoisotopic (exact) mass is 268 g/mol. The zero-order valence-corrected chi connectivity index (χ0v) is 10.5. The van der Waals surface area contributed by atoms with Crippen molar-refractivity contribution in [3.05, 3.63) is 16.3 Å². The molecule has 0 saturated carbocycles. The van der Waals surface area contributed by atoms with Gasteiger partial charge in [0.2, 0.25) is 11.8 Å². The number of piperidine rings is 1. The van der Waals surface area contributed by atoms with Gasteiger partial charge < -0.3 is 10.0 Å². The lowest BCUT2D eigenvalue weighted by Crippen LogP contribution is -2.43. The topological polar surface area (TPSA) is 130 Å². The van der Waals surface area contributed by atoms with E-state index in [1.807, 2.05) is 0 Å². The number of hydrazine groups is 1. The molecule has 19 heavy (non-hydrogen) atoms. The average Bonchev–Trinajstić information content (AvgIpc) is 2.38. The first-order valence-corrected chi connectivity index (χ1v) is 5.88. The van der Waals surface area contributed by atoms with Crippen molar-refractivity contribution in [2.45, 2.75) is 25.4 Å². The van der Waals surface area contributed by atoms with Gasteiger partial charge in [-0.05, 0) is 19.8 Å². The van der Waals surface area contributed by atoms with E-state index >= 15 is 0 Å². The fourth-order valence-electron chi connectivity index (χ4n) is 2.00. The van der Waals surface area contributed by atoms with Crippen molar-refractivity contribution in [2.24, 2.45) is 5.84 Å². The Balaban J connectivity index is 2.30. The molecule has 0 aromatic carbocycles. The quantitative estimate of drug-likeness (QED) is 0.397. The molecule has 2 heterocycles. The molecule has 1 aromatic rings. The summed E-state index contributed by atoms with van der Waals surface area (Å²) < 4.78 is 0. The van der Waals surface area contributed by atoms with Crippen molar-refractivity contribution in [2.75, 3.05) is 23.4 Å². The highest BCUT2D eigenvalue weighted by atomic mass is 16.6. The molecule has 4 N–H and O–H groups in total. The number of anilines is 2.